The Hall–Kier alpha value is -1.20. The van der Waals surface area contributed by atoms with Gasteiger partial charge in [-0.2, -0.15) is 5.26 Å². The molecule has 2 fully saturated rings. The maximum atomic E-state index is 9.37. The third-order valence-electron chi connectivity index (χ3n) is 4.03. The summed E-state index contributed by atoms with van der Waals surface area (Å²) in [6.07, 6.45) is 5.40. The topological polar surface area (TPSA) is 27.0 Å². The Labute approximate surface area is 120 Å². The highest BCUT2D eigenvalue weighted by atomic mass is 35.5. The summed E-state index contributed by atoms with van der Waals surface area (Å²) in [5.74, 6) is 2.16. The minimum atomic E-state index is 0.472. The smallest absolute Gasteiger partial charge is 0.101 e. The summed E-state index contributed by atoms with van der Waals surface area (Å²) in [6.45, 7) is 2.23. The van der Waals surface area contributed by atoms with Crippen LogP contribution in [-0.4, -0.2) is 13.1 Å². The van der Waals surface area contributed by atoms with E-state index >= 15 is 0 Å². The van der Waals surface area contributed by atoms with Gasteiger partial charge in [0.15, 0.2) is 0 Å². The van der Waals surface area contributed by atoms with Crippen molar-refractivity contribution in [2.75, 3.05) is 18.0 Å². The molecule has 2 saturated carbocycles. The van der Waals surface area contributed by atoms with E-state index in [0.29, 0.717) is 5.88 Å². The number of hydrogen-bond acceptors (Lipinski definition) is 2. The molecule has 0 aromatic heterocycles. The van der Waals surface area contributed by atoms with Crippen LogP contribution in [0, 0.1) is 23.2 Å². The molecule has 0 radical (unpaired) electrons. The van der Waals surface area contributed by atoms with Gasteiger partial charge < -0.3 is 4.90 Å². The molecule has 0 saturated heterocycles. The first-order chi connectivity index (χ1) is 9.30. The summed E-state index contributed by atoms with van der Waals surface area (Å²) in [7, 11) is 0. The predicted molar refractivity (Wildman–Crippen MR) is 78.4 cm³/mol. The zero-order chi connectivity index (χ0) is 13.2. The molecule has 0 spiro atoms. The first-order valence-electron chi connectivity index (χ1n) is 7.14. The van der Waals surface area contributed by atoms with Crippen molar-refractivity contribution >= 4 is 17.3 Å². The molecule has 2 aliphatic carbocycles. The third-order valence-corrected chi connectivity index (χ3v) is 4.34. The van der Waals surface area contributed by atoms with Gasteiger partial charge in [0.1, 0.15) is 6.07 Å². The lowest BCUT2D eigenvalue weighted by Gasteiger charge is -2.26. The summed E-state index contributed by atoms with van der Waals surface area (Å²) >= 11 is 5.85. The van der Waals surface area contributed by atoms with Crippen LogP contribution in [-0.2, 0) is 5.88 Å². The predicted octanol–water partition coefficient (Wildman–Crippen LogP) is 3.92. The van der Waals surface area contributed by atoms with Crippen LogP contribution in [0.1, 0.15) is 36.8 Å². The second kappa shape index (κ2) is 5.43. The molecular weight excluding hydrogens is 256 g/mol. The van der Waals surface area contributed by atoms with Crippen LogP contribution in [0.2, 0.25) is 0 Å². The van der Waals surface area contributed by atoms with Crippen LogP contribution in [0.4, 0.5) is 5.69 Å². The van der Waals surface area contributed by atoms with Gasteiger partial charge in [-0.3, -0.25) is 0 Å². The second-order valence-corrected chi connectivity index (χ2v) is 6.16. The van der Waals surface area contributed by atoms with E-state index in [4.69, 9.17) is 11.6 Å². The first-order valence-corrected chi connectivity index (χ1v) is 7.67. The summed E-state index contributed by atoms with van der Waals surface area (Å²) in [6, 6.07) is 8.41. The van der Waals surface area contributed by atoms with E-state index in [1.165, 1.54) is 25.7 Å². The molecule has 2 aliphatic rings. The summed E-state index contributed by atoms with van der Waals surface area (Å²) in [4.78, 5) is 2.44. The number of anilines is 1. The Morgan fingerprint density at radius 1 is 1.16 bits per heavy atom. The number of nitriles is 1. The first kappa shape index (κ1) is 12.8. The van der Waals surface area contributed by atoms with E-state index in [1.807, 2.05) is 6.07 Å². The van der Waals surface area contributed by atoms with Gasteiger partial charge in [0.25, 0.3) is 0 Å². The normalized spacial score (nSPS) is 18.1. The standard InChI is InChI=1S/C16H19ClN2/c17-8-14-5-6-16(15(7-14)9-18)19(10-12-1-2-12)11-13-3-4-13/h5-7,12-13H,1-4,8,10-11H2. The van der Waals surface area contributed by atoms with Crippen molar-refractivity contribution in [3.63, 3.8) is 0 Å². The van der Waals surface area contributed by atoms with Crippen LogP contribution >= 0.6 is 11.6 Å². The van der Waals surface area contributed by atoms with Gasteiger partial charge in [-0.05, 0) is 55.2 Å². The fraction of sp³-hybridized carbons (Fsp3) is 0.562. The highest BCUT2D eigenvalue weighted by Gasteiger charge is 2.30. The Morgan fingerprint density at radius 3 is 2.26 bits per heavy atom. The Kier molecular flexibility index (Phi) is 3.66. The fourth-order valence-electron chi connectivity index (χ4n) is 2.53. The lowest BCUT2D eigenvalue weighted by molar-refractivity contribution is 0.679. The Bertz CT molecular complexity index is 484. The minimum absolute atomic E-state index is 0.472. The van der Waals surface area contributed by atoms with Crippen molar-refractivity contribution < 1.29 is 0 Å². The average Bonchev–Trinajstić information content (AvgIpc) is 3.32. The van der Waals surface area contributed by atoms with E-state index in [9.17, 15) is 5.26 Å². The largest absolute Gasteiger partial charge is 0.370 e. The van der Waals surface area contributed by atoms with Gasteiger partial charge in [0.2, 0.25) is 0 Å². The summed E-state index contributed by atoms with van der Waals surface area (Å²) in [5.41, 5.74) is 2.91. The lowest BCUT2D eigenvalue weighted by Crippen LogP contribution is -2.28. The zero-order valence-electron chi connectivity index (χ0n) is 11.1. The molecule has 1 aromatic rings. The molecule has 0 aliphatic heterocycles. The van der Waals surface area contributed by atoms with Crippen LogP contribution in [0.5, 0.6) is 0 Å². The van der Waals surface area contributed by atoms with Crippen molar-refractivity contribution in [1.29, 1.82) is 5.26 Å². The quantitative estimate of drug-likeness (QED) is 0.735. The molecule has 0 atom stereocenters. The van der Waals surface area contributed by atoms with Crippen LogP contribution < -0.4 is 4.90 Å². The fourth-order valence-corrected chi connectivity index (χ4v) is 2.69. The Balaban J connectivity index is 1.84. The number of benzene rings is 1. The molecule has 0 amide bonds. The van der Waals surface area contributed by atoms with Gasteiger partial charge in [-0.1, -0.05) is 6.07 Å². The van der Waals surface area contributed by atoms with Crippen LogP contribution in [0.25, 0.3) is 0 Å². The average molecular weight is 275 g/mol. The maximum Gasteiger partial charge on any atom is 0.101 e. The molecule has 3 heteroatoms. The van der Waals surface area contributed by atoms with Gasteiger partial charge in [-0.25, -0.2) is 0 Å². The maximum absolute atomic E-state index is 9.37. The van der Waals surface area contributed by atoms with Crippen molar-refractivity contribution in [1.82, 2.24) is 0 Å². The van der Waals surface area contributed by atoms with Gasteiger partial charge in [0.05, 0.1) is 11.3 Å². The van der Waals surface area contributed by atoms with Crippen LogP contribution in [0.15, 0.2) is 18.2 Å². The molecule has 3 rings (SSSR count). The monoisotopic (exact) mass is 274 g/mol. The molecule has 0 unspecified atom stereocenters. The molecule has 2 nitrogen and oxygen atoms in total. The molecule has 0 heterocycles. The molecule has 100 valence electrons. The van der Waals surface area contributed by atoms with E-state index in [2.05, 4.69) is 23.1 Å². The summed E-state index contributed by atoms with van der Waals surface area (Å²) < 4.78 is 0. The van der Waals surface area contributed by atoms with Crippen molar-refractivity contribution in [2.45, 2.75) is 31.6 Å². The molecule has 0 bridgehead atoms. The lowest BCUT2D eigenvalue weighted by atomic mass is 10.1. The van der Waals surface area contributed by atoms with Gasteiger partial charge in [-0.15, -0.1) is 11.6 Å². The molecular formula is C16H19ClN2. The third kappa shape index (κ3) is 3.22. The minimum Gasteiger partial charge on any atom is -0.370 e. The van der Waals surface area contributed by atoms with Crippen molar-refractivity contribution in [2.24, 2.45) is 11.8 Å². The molecule has 1 aromatic carbocycles. The molecule has 19 heavy (non-hydrogen) atoms. The van der Waals surface area contributed by atoms with Gasteiger partial charge >= 0.3 is 0 Å². The highest BCUT2D eigenvalue weighted by Crippen LogP contribution is 2.36. The molecule has 0 N–H and O–H groups in total. The van der Waals surface area contributed by atoms with E-state index in [1.54, 1.807) is 0 Å². The second-order valence-electron chi connectivity index (χ2n) is 5.89. The number of hydrogen-bond donors (Lipinski definition) is 0. The van der Waals surface area contributed by atoms with Gasteiger partial charge in [0, 0.05) is 19.0 Å². The van der Waals surface area contributed by atoms with E-state index in [0.717, 1.165) is 41.7 Å². The van der Waals surface area contributed by atoms with E-state index in [-0.39, 0.29) is 0 Å². The van der Waals surface area contributed by atoms with E-state index < -0.39 is 0 Å². The highest BCUT2D eigenvalue weighted by molar-refractivity contribution is 6.17. The Morgan fingerprint density at radius 2 is 1.79 bits per heavy atom. The number of halogens is 1. The number of rotatable bonds is 6. The summed E-state index contributed by atoms with van der Waals surface area (Å²) in [5, 5.41) is 9.37. The SMILES string of the molecule is N#Cc1cc(CCl)ccc1N(CC1CC1)CC1CC1. The zero-order valence-corrected chi connectivity index (χ0v) is 11.9. The van der Waals surface area contributed by atoms with Crippen molar-refractivity contribution in [3.05, 3.63) is 29.3 Å². The number of alkyl halides is 1. The van der Waals surface area contributed by atoms with Crippen LogP contribution in [0.3, 0.4) is 0 Å². The number of nitrogens with zero attached hydrogens (tertiary/aromatic N) is 2. The van der Waals surface area contributed by atoms with Crippen molar-refractivity contribution in [3.8, 4) is 6.07 Å².